The molecule has 1 aliphatic heterocycles. The highest BCUT2D eigenvalue weighted by Crippen LogP contribution is 2.27. The van der Waals surface area contributed by atoms with E-state index in [-0.39, 0.29) is 0 Å². The summed E-state index contributed by atoms with van der Waals surface area (Å²) in [5.41, 5.74) is 0. The lowest BCUT2D eigenvalue weighted by Gasteiger charge is -2.26. The Labute approximate surface area is 127 Å². The predicted molar refractivity (Wildman–Crippen MR) is 83.5 cm³/mol. The maximum atomic E-state index is 8.94. The van der Waals surface area contributed by atoms with E-state index in [9.17, 15) is 0 Å². The van der Waals surface area contributed by atoms with Crippen LogP contribution in [-0.4, -0.2) is 35.1 Å². The van der Waals surface area contributed by atoms with E-state index in [0.29, 0.717) is 16.6 Å². The molecule has 1 fully saturated rings. The van der Waals surface area contributed by atoms with Crippen LogP contribution in [0.5, 0.6) is 0 Å². The molecular formula is C14H16N6S. The van der Waals surface area contributed by atoms with E-state index < -0.39 is 0 Å². The van der Waals surface area contributed by atoms with E-state index in [1.165, 1.54) is 30.6 Å². The highest BCUT2D eigenvalue weighted by molar-refractivity contribution is 7.15. The summed E-state index contributed by atoms with van der Waals surface area (Å²) in [6, 6.07) is 5.83. The number of anilines is 2. The van der Waals surface area contributed by atoms with E-state index in [2.05, 4.69) is 31.2 Å². The van der Waals surface area contributed by atoms with Gasteiger partial charge in [-0.2, -0.15) is 20.2 Å². The number of nitriles is 1. The molecule has 21 heavy (non-hydrogen) atoms. The van der Waals surface area contributed by atoms with E-state index in [4.69, 9.17) is 5.26 Å². The van der Waals surface area contributed by atoms with E-state index in [0.717, 1.165) is 23.9 Å². The van der Waals surface area contributed by atoms with Crippen LogP contribution in [0.4, 0.5) is 11.9 Å². The Hall–Kier alpha value is -2.20. The Morgan fingerprint density at radius 3 is 2.67 bits per heavy atom. The molecule has 0 spiro atoms. The summed E-state index contributed by atoms with van der Waals surface area (Å²) in [5, 5.41) is 11.9. The lowest BCUT2D eigenvalue weighted by Crippen LogP contribution is -2.31. The fourth-order valence-electron chi connectivity index (χ4n) is 2.34. The third kappa shape index (κ3) is 2.95. The molecule has 0 atom stereocenters. The van der Waals surface area contributed by atoms with Crippen molar-refractivity contribution in [2.75, 3.05) is 30.4 Å². The van der Waals surface area contributed by atoms with Crippen molar-refractivity contribution in [3.05, 3.63) is 17.0 Å². The van der Waals surface area contributed by atoms with Gasteiger partial charge in [0.25, 0.3) is 0 Å². The van der Waals surface area contributed by atoms with Crippen LogP contribution in [0.1, 0.15) is 24.1 Å². The molecule has 0 unspecified atom stereocenters. The van der Waals surface area contributed by atoms with Gasteiger partial charge in [-0.15, -0.1) is 11.3 Å². The molecule has 0 saturated carbocycles. The first-order valence-corrected chi connectivity index (χ1v) is 7.81. The number of hydrogen-bond acceptors (Lipinski definition) is 7. The first kappa shape index (κ1) is 13.8. The SMILES string of the molecule is CNc1nc(-c2ccc(C#N)s2)nc(N2CCCCC2)n1. The minimum Gasteiger partial charge on any atom is -0.357 e. The first-order chi connectivity index (χ1) is 10.3. The molecular weight excluding hydrogens is 284 g/mol. The second-order valence-corrected chi connectivity index (χ2v) is 5.94. The van der Waals surface area contributed by atoms with Gasteiger partial charge < -0.3 is 10.2 Å². The monoisotopic (exact) mass is 300 g/mol. The van der Waals surface area contributed by atoms with Crippen LogP contribution in [0, 0.1) is 11.3 Å². The molecule has 2 aromatic rings. The predicted octanol–water partition coefficient (Wildman–Crippen LogP) is 2.50. The van der Waals surface area contributed by atoms with Crippen molar-refractivity contribution in [2.24, 2.45) is 0 Å². The normalized spacial score (nSPS) is 14.8. The van der Waals surface area contributed by atoms with Crippen molar-refractivity contribution in [3.8, 4) is 16.8 Å². The summed E-state index contributed by atoms with van der Waals surface area (Å²) in [6.07, 6.45) is 3.62. The van der Waals surface area contributed by atoms with Crippen molar-refractivity contribution in [2.45, 2.75) is 19.3 Å². The maximum absolute atomic E-state index is 8.94. The number of aromatic nitrogens is 3. The number of nitrogens with one attached hydrogen (secondary N) is 1. The Morgan fingerprint density at radius 1 is 1.19 bits per heavy atom. The molecule has 2 aromatic heterocycles. The molecule has 0 amide bonds. The van der Waals surface area contributed by atoms with E-state index in [1.54, 1.807) is 13.1 Å². The van der Waals surface area contributed by atoms with Gasteiger partial charge in [0.2, 0.25) is 11.9 Å². The van der Waals surface area contributed by atoms with Gasteiger partial charge in [0.15, 0.2) is 5.82 Å². The average molecular weight is 300 g/mol. The summed E-state index contributed by atoms with van der Waals surface area (Å²) in [6.45, 7) is 1.97. The fraction of sp³-hybridized carbons (Fsp3) is 0.429. The zero-order chi connectivity index (χ0) is 14.7. The van der Waals surface area contributed by atoms with Gasteiger partial charge in [-0.05, 0) is 31.4 Å². The van der Waals surface area contributed by atoms with Gasteiger partial charge in [-0.3, -0.25) is 0 Å². The van der Waals surface area contributed by atoms with Crippen LogP contribution in [0.15, 0.2) is 12.1 Å². The van der Waals surface area contributed by atoms with Gasteiger partial charge in [0.05, 0.1) is 4.88 Å². The lowest BCUT2D eigenvalue weighted by molar-refractivity contribution is 0.568. The van der Waals surface area contributed by atoms with Crippen LogP contribution >= 0.6 is 11.3 Å². The van der Waals surface area contributed by atoms with Crippen LogP contribution in [0.3, 0.4) is 0 Å². The van der Waals surface area contributed by atoms with Crippen molar-refractivity contribution >= 4 is 23.2 Å². The Morgan fingerprint density at radius 2 is 2.00 bits per heavy atom. The van der Waals surface area contributed by atoms with Crippen molar-refractivity contribution < 1.29 is 0 Å². The van der Waals surface area contributed by atoms with Crippen LogP contribution in [0.25, 0.3) is 10.7 Å². The molecule has 1 N–H and O–H groups in total. The number of piperidine rings is 1. The quantitative estimate of drug-likeness (QED) is 0.938. The first-order valence-electron chi connectivity index (χ1n) is 6.99. The molecule has 3 heterocycles. The number of hydrogen-bond donors (Lipinski definition) is 1. The largest absolute Gasteiger partial charge is 0.357 e. The second kappa shape index (κ2) is 6.06. The molecule has 0 aromatic carbocycles. The Kier molecular flexibility index (Phi) is 3.97. The molecule has 0 bridgehead atoms. The van der Waals surface area contributed by atoms with Crippen LogP contribution < -0.4 is 10.2 Å². The third-order valence-electron chi connectivity index (χ3n) is 3.42. The van der Waals surface area contributed by atoms with Gasteiger partial charge in [-0.1, -0.05) is 0 Å². The minimum absolute atomic E-state index is 0.562. The van der Waals surface area contributed by atoms with Crippen LogP contribution in [-0.2, 0) is 0 Å². The van der Waals surface area contributed by atoms with Crippen molar-refractivity contribution in [1.29, 1.82) is 5.26 Å². The van der Waals surface area contributed by atoms with Gasteiger partial charge in [0.1, 0.15) is 10.9 Å². The smallest absolute Gasteiger partial charge is 0.230 e. The second-order valence-electron chi connectivity index (χ2n) is 4.86. The molecule has 0 radical (unpaired) electrons. The van der Waals surface area contributed by atoms with E-state index in [1.807, 2.05) is 6.07 Å². The molecule has 0 aliphatic carbocycles. The van der Waals surface area contributed by atoms with E-state index >= 15 is 0 Å². The highest BCUT2D eigenvalue weighted by atomic mass is 32.1. The van der Waals surface area contributed by atoms with Gasteiger partial charge in [-0.25, -0.2) is 0 Å². The summed E-state index contributed by atoms with van der Waals surface area (Å²) in [7, 11) is 1.80. The molecule has 6 nitrogen and oxygen atoms in total. The average Bonchev–Trinajstić information content (AvgIpc) is 3.04. The Bertz CT molecular complexity index is 668. The molecule has 108 valence electrons. The number of rotatable bonds is 3. The molecule has 1 saturated heterocycles. The molecule has 3 rings (SSSR count). The lowest BCUT2D eigenvalue weighted by atomic mass is 10.1. The summed E-state index contributed by atoms with van der Waals surface area (Å²) in [5.74, 6) is 1.91. The van der Waals surface area contributed by atoms with Gasteiger partial charge in [0, 0.05) is 20.1 Å². The number of thiophene rings is 1. The van der Waals surface area contributed by atoms with Crippen molar-refractivity contribution in [3.63, 3.8) is 0 Å². The van der Waals surface area contributed by atoms with Gasteiger partial charge >= 0.3 is 0 Å². The Balaban J connectivity index is 1.98. The minimum atomic E-state index is 0.562. The highest BCUT2D eigenvalue weighted by Gasteiger charge is 2.17. The number of nitrogens with zero attached hydrogens (tertiary/aromatic N) is 5. The fourth-order valence-corrected chi connectivity index (χ4v) is 3.08. The summed E-state index contributed by atoms with van der Waals surface area (Å²) in [4.78, 5) is 17.2. The standard InChI is InChI=1S/C14H16N6S/c1-16-13-17-12(11-6-5-10(9-15)21-11)18-14(19-13)20-7-3-2-4-8-20/h5-6H,2-4,7-8H2,1H3,(H,16,17,18,19). The topological polar surface area (TPSA) is 77.7 Å². The maximum Gasteiger partial charge on any atom is 0.230 e. The zero-order valence-electron chi connectivity index (χ0n) is 11.8. The molecule has 1 aliphatic rings. The zero-order valence-corrected chi connectivity index (χ0v) is 12.7. The van der Waals surface area contributed by atoms with Crippen LogP contribution in [0.2, 0.25) is 0 Å². The molecule has 7 heteroatoms. The third-order valence-corrected chi connectivity index (χ3v) is 4.41. The summed E-state index contributed by atoms with van der Waals surface area (Å²) >= 11 is 1.40. The van der Waals surface area contributed by atoms with Crippen molar-refractivity contribution in [1.82, 2.24) is 15.0 Å². The summed E-state index contributed by atoms with van der Waals surface area (Å²) < 4.78 is 0.